The Kier molecular flexibility index (Phi) is 7.68. The molecular weight excluding hydrogens is 338 g/mol. The molecule has 0 bridgehead atoms. The molecule has 0 atom stereocenters. The van der Waals surface area contributed by atoms with E-state index in [1.54, 1.807) is 12.2 Å². The van der Waals surface area contributed by atoms with Crippen LogP contribution in [0, 0.1) is 0 Å². The summed E-state index contributed by atoms with van der Waals surface area (Å²) in [6, 6.07) is 11.3. The average Bonchev–Trinajstić information content (AvgIpc) is 2.69. The largest absolute Gasteiger partial charge is 0.493 e. The van der Waals surface area contributed by atoms with Crippen molar-refractivity contribution in [3.63, 3.8) is 0 Å². The van der Waals surface area contributed by atoms with Crippen LogP contribution in [0.25, 0.3) is 6.08 Å². The van der Waals surface area contributed by atoms with Gasteiger partial charge in [-0.15, -0.1) is 6.58 Å². The van der Waals surface area contributed by atoms with Gasteiger partial charge in [-0.25, -0.2) is 0 Å². The Morgan fingerprint density at radius 2 is 1.74 bits per heavy atom. The van der Waals surface area contributed by atoms with Gasteiger partial charge in [0.15, 0.2) is 5.78 Å². The molecule has 0 saturated heterocycles. The summed E-state index contributed by atoms with van der Waals surface area (Å²) in [5.74, 6) is 1.43. The number of nitrogens with one attached hydrogen (secondary N) is 1. The molecule has 0 unspecified atom stereocenters. The lowest BCUT2D eigenvalue weighted by molar-refractivity contribution is 0.104. The van der Waals surface area contributed by atoms with Crippen LogP contribution in [0.3, 0.4) is 0 Å². The molecule has 0 aromatic heterocycles. The third kappa shape index (κ3) is 5.48. The third-order valence-corrected chi connectivity index (χ3v) is 4.03. The molecule has 4 nitrogen and oxygen atoms in total. The van der Waals surface area contributed by atoms with E-state index in [9.17, 15) is 4.79 Å². The summed E-state index contributed by atoms with van der Waals surface area (Å²) >= 11 is 0. The van der Waals surface area contributed by atoms with Crippen LogP contribution in [0.15, 0.2) is 55.1 Å². The van der Waals surface area contributed by atoms with E-state index in [1.165, 1.54) is 0 Å². The number of rotatable bonds is 10. The van der Waals surface area contributed by atoms with Gasteiger partial charge >= 0.3 is 0 Å². The van der Waals surface area contributed by atoms with Crippen molar-refractivity contribution in [1.29, 1.82) is 0 Å². The molecule has 0 fully saturated rings. The Bertz CT molecular complexity index is 807. The first-order valence-corrected chi connectivity index (χ1v) is 9.16. The summed E-state index contributed by atoms with van der Waals surface area (Å²) < 4.78 is 11.5. The summed E-state index contributed by atoms with van der Waals surface area (Å²) in [4.78, 5) is 12.5. The topological polar surface area (TPSA) is 47.6 Å². The highest BCUT2D eigenvalue weighted by atomic mass is 16.5. The minimum atomic E-state index is -0.0562. The zero-order valence-electron chi connectivity index (χ0n) is 16.2. The monoisotopic (exact) mass is 365 g/mol. The predicted octanol–water partition coefficient (Wildman–Crippen LogP) is 5.15. The molecule has 0 heterocycles. The lowest BCUT2D eigenvalue weighted by Crippen LogP contribution is -2.01. The van der Waals surface area contributed by atoms with Crippen LogP contribution in [-0.4, -0.2) is 26.0 Å². The SMILES string of the molecule is C=CCc1cc(/C=C/C(=O)c2ccc(NC)cc2)c(OCC)cc1OCC. The Morgan fingerprint density at radius 3 is 2.33 bits per heavy atom. The van der Waals surface area contributed by atoms with Crippen molar-refractivity contribution in [3.05, 3.63) is 71.8 Å². The molecule has 4 heteroatoms. The predicted molar refractivity (Wildman–Crippen MR) is 112 cm³/mol. The Balaban J connectivity index is 2.33. The normalized spacial score (nSPS) is 10.6. The van der Waals surface area contributed by atoms with E-state index in [0.717, 1.165) is 22.6 Å². The fourth-order valence-electron chi connectivity index (χ4n) is 2.70. The lowest BCUT2D eigenvalue weighted by atomic mass is 10.0. The van der Waals surface area contributed by atoms with Gasteiger partial charge < -0.3 is 14.8 Å². The molecule has 1 N–H and O–H groups in total. The second-order valence-corrected chi connectivity index (χ2v) is 5.88. The van der Waals surface area contributed by atoms with E-state index in [2.05, 4.69) is 11.9 Å². The highest BCUT2D eigenvalue weighted by molar-refractivity contribution is 6.07. The number of carbonyl (C=O) groups excluding carboxylic acids is 1. The molecule has 0 aliphatic carbocycles. The zero-order chi connectivity index (χ0) is 19.6. The lowest BCUT2D eigenvalue weighted by Gasteiger charge is -2.14. The van der Waals surface area contributed by atoms with Gasteiger partial charge in [0.2, 0.25) is 0 Å². The first kappa shape index (κ1) is 20.3. The number of benzene rings is 2. The van der Waals surface area contributed by atoms with Gasteiger partial charge in [-0.2, -0.15) is 0 Å². The van der Waals surface area contributed by atoms with Crippen LogP contribution in [0.2, 0.25) is 0 Å². The number of carbonyl (C=O) groups is 1. The van der Waals surface area contributed by atoms with Crippen LogP contribution in [0.1, 0.15) is 35.3 Å². The summed E-state index contributed by atoms with van der Waals surface area (Å²) in [5, 5.41) is 3.04. The molecule has 0 aliphatic heterocycles. The standard InChI is InChI=1S/C23H27NO3/c1-5-8-18-15-19(23(27-7-3)16-22(18)26-6-2)11-14-21(25)17-9-12-20(24-4)13-10-17/h5,9-16,24H,1,6-8H2,2-4H3/b14-11+. The summed E-state index contributed by atoms with van der Waals surface area (Å²) in [5.41, 5.74) is 3.47. The molecule has 0 aliphatic rings. The van der Waals surface area contributed by atoms with E-state index in [0.29, 0.717) is 30.9 Å². The van der Waals surface area contributed by atoms with Gasteiger partial charge in [-0.05, 0) is 68.3 Å². The highest BCUT2D eigenvalue weighted by Gasteiger charge is 2.10. The second-order valence-electron chi connectivity index (χ2n) is 5.88. The van der Waals surface area contributed by atoms with Crippen LogP contribution in [-0.2, 0) is 6.42 Å². The van der Waals surface area contributed by atoms with E-state index in [1.807, 2.05) is 63.4 Å². The summed E-state index contributed by atoms with van der Waals surface area (Å²) in [6.45, 7) is 8.80. The summed E-state index contributed by atoms with van der Waals surface area (Å²) in [7, 11) is 1.85. The number of hydrogen-bond donors (Lipinski definition) is 1. The molecular formula is C23H27NO3. The van der Waals surface area contributed by atoms with Gasteiger partial charge in [0.25, 0.3) is 0 Å². The maximum absolute atomic E-state index is 12.5. The van der Waals surface area contributed by atoms with Crippen molar-refractivity contribution in [3.8, 4) is 11.5 Å². The molecule has 142 valence electrons. The van der Waals surface area contributed by atoms with Crippen molar-refractivity contribution >= 4 is 17.5 Å². The fourth-order valence-corrected chi connectivity index (χ4v) is 2.70. The van der Waals surface area contributed by atoms with Crippen LogP contribution in [0.4, 0.5) is 5.69 Å². The molecule has 0 spiro atoms. The number of ether oxygens (including phenoxy) is 2. The molecule has 0 saturated carbocycles. The second kappa shape index (κ2) is 10.2. The van der Waals surface area contributed by atoms with E-state index in [4.69, 9.17) is 9.47 Å². The molecule has 0 radical (unpaired) electrons. The number of allylic oxidation sites excluding steroid dienone is 2. The highest BCUT2D eigenvalue weighted by Crippen LogP contribution is 2.31. The Labute approximate surface area is 161 Å². The van der Waals surface area contributed by atoms with Gasteiger partial charge in [-0.1, -0.05) is 6.08 Å². The van der Waals surface area contributed by atoms with E-state index < -0.39 is 0 Å². The van der Waals surface area contributed by atoms with Gasteiger partial charge in [0.1, 0.15) is 11.5 Å². The Hall–Kier alpha value is -3.01. The molecule has 0 amide bonds. The fraction of sp³-hybridized carbons (Fsp3) is 0.261. The van der Waals surface area contributed by atoms with Crippen molar-refractivity contribution in [2.45, 2.75) is 20.3 Å². The van der Waals surface area contributed by atoms with Crippen LogP contribution in [0.5, 0.6) is 11.5 Å². The maximum atomic E-state index is 12.5. The minimum absolute atomic E-state index is 0.0562. The first-order valence-electron chi connectivity index (χ1n) is 9.16. The van der Waals surface area contributed by atoms with Gasteiger partial charge in [-0.3, -0.25) is 4.79 Å². The van der Waals surface area contributed by atoms with Gasteiger partial charge in [0.05, 0.1) is 13.2 Å². The van der Waals surface area contributed by atoms with Crippen molar-refractivity contribution < 1.29 is 14.3 Å². The maximum Gasteiger partial charge on any atom is 0.185 e. The number of anilines is 1. The molecule has 2 aromatic carbocycles. The minimum Gasteiger partial charge on any atom is -0.493 e. The number of hydrogen-bond acceptors (Lipinski definition) is 4. The number of ketones is 1. The molecule has 2 rings (SSSR count). The van der Waals surface area contributed by atoms with Crippen LogP contribution < -0.4 is 14.8 Å². The summed E-state index contributed by atoms with van der Waals surface area (Å²) in [6.07, 6.45) is 5.88. The average molecular weight is 365 g/mol. The van der Waals surface area contributed by atoms with Crippen LogP contribution >= 0.6 is 0 Å². The Morgan fingerprint density at radius 1 is 1.07 bits per heavy atom. The quantitative estimate of drug-likeness (QED) is 0.359. The zero-order valence-corrected chi connectivity index (χ0v) is 16.2. The van der Waals surface area contributed by atoms with E-state index >= 15 is 0 Å². The smallest absolute Gasteiger partial charge is 0.185 e. The molecule has 27 heavy (non-hydrogen) atoms. The van der Waals surface area contributed by atoms with Crippen molar-refractivity contribution in [2.24, 2.45) is 0 Å². The third-order valence-electron chi connectivity index (χ3n) is 4.03. The van der Waals surface area contributed by atoms with E-state index in [-0.39, 0.29) is 5.78 Å². The van der Waals surface area contributed by atoms with Crippen molar-refractivity contribution in [1.82, 2.24) is 0 Å². The van der Waals surface area contributed by atoms with Gasteiger partial charge in [0, 0.05) is 29.9 Å². The van der Waals surface area contributed by atoms with Crippen molar-refractivity contribution in [2.75, 3.05) is 25.6 Å². The molecule has 2 aromatic rings. The first-order chi connectivity index (χ1) is 13.1.